The Bertz CT molecular complexity index is 648. The Morgan fingerprint density at radius 2 is 2.24 bits per heavy atom. The second-order valence-corrected chi connectivity index (χ2v) is 7.40. The first-order valence-corrected chi connectivity index (χ1v) is 7.94. The van der Waals surface area contributed by atoms with Gasteiger partial charge in [0.2, 0.25) is 5.91 Å². The van der Waals surface area contributed by atoms with Gasteiger partial charge in [-0.05, 0) is 38.8 Å². The third-order valence-corrected chi connectivity index (χ3v) is 5.72. The van der Waals surface area contributed by atoms with Crippen molar-refractivity contribution in [1.29, 1.82) is 0 Å². The van der Waals surface area contributed by atoms with E-state index in [-0.39, 0.29) is 5.92 Å². The predicted octanol–water partition coefficient (Wildman–Crippen LogP) is 3.05. The van der Waals surface area contributed by atoms with E-state index in [1.54, 1.807) is 13.8 Å². The summed E-state index contributed by atoms with van der Waals surface area (Å²) in [5, 5.41) is 10.5. The van der Waals surface area contributed by atoms with Crippen molar-refractivity contribution in [3.63, 3.8) is 0 Å². The number of nitrogens with two attached hydrogens (primary N) is 1. The SMILES string of the molecule is CC(C)(O)C1(C(N)=O)CCC2C(=Nc3cccc(Br)c32)C1. The van der Waals surface area contributed by atoms with E-state index in [4.69, 9.17) is 10.7 Å². The van der Waals surface area contributed by atoms with Crippen molar-refractivity contribution in [2.45, 2.75) is 44.6 Å². The number of benzene rings is 1. The zero-order chi connectivity index (χ0) is 15.4. The van der Waals surface area contributed by atoms with Crippen LogP contribution < -0.4 is 5.73 Å². The largest absolute Gasteiger partial charge is 0.389 e. The Morgan fingerprint density at radius 1 is 1.52 bits per heavy atom. The maximum absolute atomic E-state index is 12.0. The molecule has 1 aliphatic carbocycles. The number of rotatable bonds is 2. The Balaban J connectivity index is 2.03. The van der Waals surface area contributed by atoms with E-state index in [1.807, 2.05) is 18.2 Å². The van der Waals surface area contributed by atoms with E-state index in [9.17, 15) is 9.90 Å². The van der Waals surface area contributed by atoms with E-state index in [1.165, 1.54) is 5.56 Å². The summed E-state index contributed by atoms with van der Waals surface area (Å²) in [4.78, 5) is 16.7. The number of halogens is 1. The molecule has 4 nitrogen and oxygen atoms in total. The fraction of sp³-hybridized carbons (Fsp3) is 0.500. The van der Waals surface area contributed by atoms with E-state index in [0.29, 0.717) is 12.8 Å². The highest BCUT2D eigenvalue weighted by atomic mass is 79.9. The third-order valence-electron chi connectivity index (χ3n) is 5.03. The van der Waals surface area contributed by atoms with Crippen LogP contribution in [0.4, 0.5) is 5.69 Å². The van der Waals surface area contributed by atoms with Crippen LogP contribution in [0.1, 0.15) is 44.6 Å². The Kier molecular flexibility index (Phi) is 3.26. The summed E-state index contributed by atoms with van der Waals surface area (Å²) in [7, 11) is 0. The fourth-order valence-corrected chi connectivity index (χ4v) is 4.30. The van der Waals surface area contributed by atoms with Crippen molar-refractivity contribution < 1.29 is 9.90 Å². The van der Waals surface area contributed by atoms with Gasteiger partial charge in [0.05, 0.1) is 16.7 Å². The number of amides is 1. The average Bonchev–Trinajstić information content (AvgIpc) is 2.75. The van der Waals surface area contributed by atoms with Gasteiger partial charge in [0.1, 0.15) is 0 Å². The highest BCUT2D eigenvalue weighted by Crippen LogP contribution is 2.53. The standard InChI is InChI=1S/C16H19BrN2O2/c1-15(2,21)16(14(18)20)7-6-9-12(8-16)19-11-5-3-4-10(17)13(9)11/h3-5,9,21H,6-8H2,1-2H3,(H2,18,20). The van der Waals surface area contributed by atoms with Crippen LogP contribution in [0.2, 0.25) is 0 Å². The van der Waals surface area contributed by atoms with Crippen LogP contribution in [0.5, 0.6) is 0 Å². The van der Waals surface area contributed by atoms with Gasteiger partial charge < -0.3 is 10.8 Å². The summed E-state index contributed by atoms with van der Waals surface area (Å²) in [6.45, 7) is 3.33. The lowest BCUT2D eigenvalue weighted by molar-refractivity contribution is -0.144. The molecule has 1 fully saturated rings. The maximum Gasteiger partial charge on any atom is 0.226 e. The molecule has 1 heterocycles. The number of hydrogen-bond donors (Lipinski definition) is 2. The van der Waals surface area contributed by atoms with Crippen LogP contribution in [0.15, 0.2) is 27.7 Å². The van der Waals surface area contributed by atoms with Crippen molar-refractivity contribution in [3.05, 3.63) is 28.2 Å². The minimum Gasteiger partial charge on any atom is -0.389 e. The number of hydrogen-bond acceptors (Lipinski definition) is 3. The van der Waals surface area contributed by atoms with Crippen molar-refractivity contribution in [2.75, 3.05) is 0 Å². The minimum absolute atomic E-state index is 0.227. The summed E-state index contributed by atoms with van der Waals surface area (Å²) < 4.78 is 1.05. The molecular formula is C16H19BrN2O2. The monoisotopic (exact) mass is 350 g/mol. The molecule has 1 aromatic carbocycles. The second-order valence-electron chi connectivity index (χ2n) is 6.55. The zero-order valence-corrected chi connectivity index (χ0v) is 13.8. The van der Waals surface area contributed by atoms with Gasteiger partial charge in [-0.1, -0.05) is 22.0 Å². The highest BCUT2D eigenvalue weighted by Gasteiger charge is 2.54. The predicted molar refractivity (Wildman–Crippen MR) is 85.8 cm³/mol. The van der Waals surface area contributed by atoms with Crippen molar-refractivity contribution in [3.8, 4) is 0 Å². The number of carbonyl (C=O) groups excluding carboxylic acids is 1. The lowest BCUT2D eigenvalue weighted by atomic mass is 9.61. The minimum atomic E-state index is -1.15. The molecule has 1 saturated carbocycles. The van der Waals surface area contributed by atoms with Gasteiger partial charge in [0.15, 0.2) is 0 Å². The molecule has 1 aliphatic heterocycles. The lowest BCUT2D eigenvalue weighted by Crippen LogP contribution is -2.55. The number of nitrogens with zero attached hydrogens (tertiary/aromatic N) is 1. The first-order chi connectivity index (χ1) is 9.76. The van der Waals surface area contributed by atoms with Gasteiger partial charge in [-0.15, -0.1) is 0 Å². The number of aliphatic hydroxyl groups is 1. The van der Waals surface area contributed by atoms with Crippen LogP contribution in [-0.2, 0) is 4.79 Å². The highest BCUT2D eigenvalue weighted by molar-refractivity contribution is 9.10. The van der Waals surface area contributed by atoms with Gasteiger partial charge >= 0.3 is 0 Å². The van der Waals surface area contributed by atoms with E-state index in [2.05, 4.69) is 15.9 Å². The summed E-state index contributed by atoms with van der Waals surface area (Å²) >= 11 is 3.59. The summed E-state index contributed by atoms with van der Waals surface area (Å²) in [6, 6.07) is 5.96. The maximum atomic E-state index is 12.0. The topological polar surface area (TPSA) is 75.7 Å². The average molecular weight is 351 g/mol. The first-order valence-electron chi connectivity index (χ1n) is 7.14. The smallest absolute Gasteiger partial charge is 0.226 e. The van der Waals surface area contributed by atoms with E-state index in [0.717, 1.165) is 22.3 Å². The van der Waals surface area contributed by atoms with Crippen molar-refractivity contribution in [1.82, 2.24) is 0 Å². The van der Waals surface area contributed by atoms with Crippen LogP contribution in [0.25, 0.3) is 0 Å². The Hall–Kier alpha value is -1.20. The molecule has 5 heteroatoms. The molecule has 0 radical (unpaired) electrons. The molecule has 0 aromatic heterocycles. The molecule has 3 rings (SSSR count). The molecule has 1 aromatic rings. The van der Waals surface area contributed by atoms with Gasteiger partial charge in [0, 0.05) is 28.1 Å². The van der Waals surface area contributed by atoms with Gasteiger partial charge in [-0.3, -0.25) is 9.79 Å². The Morgan fingerprint density at radius 3 is 2.86 bits per heavy atom. The van der Waals surface area contributed by atoms with E-state index >= 15 is 0 Å². The fourth-order valence-electron chi connectivity index (χ4n) is 3.66. The molecule has 2 aliphatic rings. The molecule has 2 unspecified atom stereocenters. The molecule has 0 bridgehead atoms. The molecule has 3 N–H and O–H groups in total. The summed E-state index contributed by atoms with van der Waals surface area (Å²) in [5.41, 5.74) is 6.67. The van der Waals surface area contributed by atoms with E-state index < -0.39 is 16.9 Å². The van der Waals surface area contributed by atoms with Gasteiger partial charge in [0.25, 0.3) is 0 Å². The summed E-state index contributed by atoms with van der Waals surface area (Å²) in [6.07, 6.45) is 1.79. The number of carbonyl (C=O) groups is 1. The van der Waals surface area contributed by atoms with Crippen LogP contribution >= 0.6 is 15.9 Å². The van der Waals surface area contributed by atoms with Gasteiger partial charge in [-0.2, -0.15) is 0 Å². The molecule has 0 spiro atoms. The quantitative estimate of drug-likeness (QED) is 0.859. The number of primary amides is 1. The zero-order valence-electron chi connectivity index (χ0n) is 12.2. The van der Waals surface area contributed by atoms with Crippen molar-refractivity contribution >= 4 is 33.2 Å². The first kappa shape index (κ1) is 14.7. The lowest BCUT2D eigenvalue weighted by Gasteiger charge is -2.45. The molecule has 21 heavy (non-hydrogen) atoms. The molecule has 0 saturated heterocycles. The molecule has 2 atom stereocenters. The third kappa shape index (κ3) is 2.06. The Labute approximate surface area is 132 Å². The van der Waals surface area contributed by atoms with Crippen LogP contribution in [0.3, 0.4) is 0 Å². The van der Waals surface area contributed by atoms with Crippen LogP contribution in [-0.4, -0.2) is 22.3 Å². The van der Waals surface area contributed by atoms with Crippen LogP contribution in [0, 0.1) is 5.41 Å². The molecular weight excluding hydrogens is 332 g/mol. The second kappa shape index (κ2) is 4.65. The molecule has 1 amide bonds. The summed E-state index contributed by atoms with van der Waals surface area (Å²) in [5.74, 6) is -0.212. The molecule has 112 valence electrons. The van der Waals surface area contributed by atoms with Gasteiger partial charge in [-0.25, -0.2) is 0 Å². The van der Waals surface area contributed by atoms with Crippen molar-refractivity contribution in [2.24, 2.45) is 16.1 Å². The number of fused-ring (bicyclic) bond motifs is 3. The number of aliphatic imine (C=N–C) groups is 1. The normalized spacial score (nSPS) is 27.8.